The Morgan fingerprint density at radius 3 is 2.39 bits per heavy atom. The van der Waals surface area contributed by atoms with Crippen molar-refractivity contribution in [3.8, 4) is 0 Å². The van der Waals surface area contributed by atoms with E-state index in [1.165, 1.54) is 16.0 Å². The lowest BCUT2D eigenvalue weighted by Gasteiger charge is -2.05. The Kier molecular flexibility index (Phi) is 4.57. The summed E-state index contributed by atoms with van der Waals surface area (Å²) in [7, 11) is -3.95. The first kappa shape index (κ1) is 19.4. The van der Waals surface area contributed by atoms with Crippen LogP contribution in [0, 0.1) is 6.92 Å². The predicted molar refractivity (Wildman–Crippen MR) is 123 cm³/mol. The molecule has 0 radical (unpaired) electrons. The molecule has 0 saturated carbocycles. The molecule has 0 amide bonds. The number of nitrogen functional groups attached to an aromatic ring is 1. The molecular formula is C22H17N5O2S2. The molecule has 3 aromatic heterocycles. The highest BCUT2D eigenvalue weighted by Gasteiger charge is 2.30. The second kappa shape index (κ2) is 7.29. The summed E-state index contributed by atoms with van der Waals surface area (Å²) in [6, 6.07) is 17.7. The zero-order valence-corrected chi connectivity index (χ0v) is 18.1. The Labute approximate surface area is 182 Å². The first-order chi connectivity index (χ1) is 14.9. The molecule has 5 aromatic rings. The van der Waals surface area contributed by atoms with E-state index < -0.39 is 9.84 Å². The number of aromatic nitrogens is 3. The van der Waals surface area contributed by atoms with E-state index in [1.54, 1.807) is 36.5 Å². The number of benzene rings is 2. The lowest BCUT2D eigenvalue weighted by Crippen LogP contribution is -2.06. The molecule has 7 nitrogen and oxygen atoms in total. The van der Waals surface area contributed by atoms with Crippen molar-refractivity contribution in [2.24, 2.45) is 5.10 Å². The van der Waals surface area contributed by atoms with Gasteiger partial charge in [-0.15, -0.1) is 11.3 Å². The normalized spacial score (nSPS) is 12.3. The maximum atomic E-state index is 13.6. The molecule has 0 aliphatic heterocycles. The third kappa shape index (κ3) is 3.28. The highest BCUT2D eigenvalue weighted by atomic mass is 32.2. The van der Waals surface area contributed by atoms with Crippen LogP contribution in [0.15, 0.2) is 80.9 Å². The predicted octanol–water partition coefficient (Wildman–Crippen LogP) is 4.25. The highest BCUT2D eigenvalue weighted by molar-refractivity contribution is 7.92. The summed E-state index contributed by atoms with van der Waals surface area (Å²) in [6.45, 7) is 1.90. The van der Waals surface area contributed by atoms with Gasteiger partial charge in [0.2, 0.25) is 9.84 Å². The Morgan fingerprint density at radius 2 is 1.71 bits per heavy atom. The summed E-state index contributed by atoms with van der Waals surface area (Å²) in [6.07, 6.45) is 1.62. The van der Waals surface area contributed by atoms with Gasteiger partial charge in [-0.3, -0.25) is 0 Å². The lowest BCUT2D eigenvalue weighted by molar-refractivity contribution is 0.597. The van der Waals surface area contributed by atoms with Gasteiger partial charge in [0.25, 0.3) is 0 Å². The Hall–Kier alpha value is -3.56. The molecule has 0 saturated heterocycles. The van der Waals surface area contributed by atoms with E-state index in [2.05, 4.69) is 15.1 Å². The molecule has 0 spiro atoms. The van der Waals surface area contributed by atoms with E-state index in [4.69, 9.17) is 5.73 Å². The molecule has 0 fully saturated rings. The van der Waals surface area contributed by atoms with Crippen LogP contribution in [0.25, 0.3) is 22.2 Å². The molecule has 154 valence electrons. The van der Waals surface area contributed by atoms with Gasteiger partial charge in [-0.05, 0) is 42.6 Å². The molecule has 3 heterocycles. The van der Waals surface area contributed by atoms with Crippen LogP contribution >= 0.6 is 11.3 Å². The molecular weight excluding hydrogens is 430 g/mol. The number of para-hydroxylation sites is 2. The fourth-order valence-electron chi connectivity index (χ4n) is 3.32. The molecule has 0 aliphatic rings. The summed E-state index contributed by atoms with van der Waals surface area (Å²) >= 11 is 1.51. The van der Waals surface area contributed by atoms with Crippen molar-refractivity contribution in [1.82, 2.24) is 14.6 Å². The fraction of sp³-hybridized carbons (Fsp3) is 0.0455. The van der Waals surface area contributed by atoms with Crippen LogP contribution in [0.5, 0.6) is 0 Å². The molecule has 2 aromatic carbocycles. The van der Waals surface area contributed by atoms with Crippen LogP contribution in [0.2, 0.25) is 0 Å². The van der Waals surface area contributed by atoms with Gasteiger partial charge in [0.1, 0.15) is 16.2 Å². The monoisotopic (exact) mass is 447 g/mol. The van der Waals surface area contributed by atoms with E-state index in [0.29, 0.717) is 11.0 Å². The van der Waals surface area contributed by atoms with Crippen molar-refractivity contribution in [2.75, 3.05) is 5.73 Å². The second-order valence-corrected chi connectivity index (χ2v) is 9.85. The number of aryl methyl sites for hydroxylation is 1. The van der Waals surface area contributed by atoms with Crippen LogP contribution in [0.3, 0.4) is 0 Å². The molecule has 0 atom stereocenters. The van der Waals surface area contributed by atoms with Crippen molar-refractivity contribution >= 4 is 55.4 Å². The van der Waals surface area contributed by atoms with Gasteiger partial charge >= 0.3 is 0 Å². The van der Waals surface area contributed by atoms with Crippen molar-refractivity contribution in [3.63, 3.8) is 0 Å². The molecule has 0 unspecified atom stereocenters. The number of sulfone groups is 1. The maximum absolute atomic E-state index is 13.6. The minimum atomic E-state index is -3.95. The zero-order chi connectivity index (χ0) is 21.6. The van der Waals surface area contributed by atoms with E-state index in [-0.39, 0.29) is 26.8 Å². The average Bonchev–Trinajstić information content (AvgIpc) is 3.36. The second-order valence-electron chi connectivity index (χ2n) is 6.99. The standard InChI is InChI=1S/C22H17N5O2S2/c1-14-8-10-16(11-9-14)31(28,29)20-19-22(26-18-7-3-2-6-17(18)25-19)27(21(20)23)24-13-15-5-4-12-30-15/h2-13H,23H2,1H3/b24-13-. The van der Waals surface area contributed by atoms with Gasteiger partial charge in [0.05, 0.1) is 22.1 Å². The smallest absolute Gasteiger partial charge is 0.212 e. The zero-order valence-electron chi connectivity index (χ0n) is 16.4. The number of nitrogens with zero attached hydrogens (tertiary/aromatic N) is 4. The van der Waals surface area contributed by atoms with E-state index in [9.17, 15) is 8.42 Å². The largest absolute Gasteiger partial charge is 0.382 e. The van der Waals surface area contributed by atoms with Crippen LogP contribution < -0.4 is 5.73 Å². The molecule has 5 rings (SSSR count). The first-order valence-electron chi connectivity index (χ1n) is 9.41. The van der Waals surface area contributed by atoms with Crippen molar-refractivity contribution in [2.45, 2.75) is 16.7 Å². The third-order valence-electron chi connectivity index (χ3n) is 4.87. The summed E-state index contributed by atoms with van der Waals surface area (Å²) in [5.41, 5.74) is 9.01. The lowest BCUT2D eigenvalue weighted by atomic mass is 10.2. The highest BCUT2D eigenvalue weighted by Crippen LogP contribution is 2.35. The summed E-state index contributed by atoms with van der Waals surface area (Å²) in [5.74, 6) is -0.0290. The molecule has 0 bridgehead atoms. The van der Waals surface area contributed by atoms with Crippen LogP contribution in [-0.2, 0) is 9.84 Å². The van der Waals surface area contributed by atoms with Crippen molar-refractivity contribution < 1.29 is 8.42 Å². The van der Waals surface area contributed by atoms with Crippen LogP contribution in [0.1, 0.15) is 10.4 Å². The maximum Gasteiger partial charge on any atom is 0.212 e. The van der Waals surface area contributed by atoms with Gasteiger partial charge in [-0.25, -0.2) is 18.4 Å². The van der Waals surface area contributed by atoms with Gasteiger partial charge in [0.15, 0.2) is 5.65 Å². The summed E-state index contributed by atoms with van der Waals surface area (Å²) < 4.78 is 28.4. The molecule has 2 N–H and O–H groups in total. The van der Waals surface area contributed by atoms with E-state index in [0.717, 1.165) is 10.4 Å². The van der Waals surface area contributed by atoms with Gasteiger partial charge < -0.3 is 5.73 Å². The average molecular weight is 448 g/mol. The van der Waals surface area contributed by atoms with Gasteiger partial charge in [0, 0.05) is 4.88 Å². The number of rotatable bonds is 4. The Morgan fingerprint density at radius 1 is 1.00 bits per heavy atom. The molecule has 9 heteroatoms. The van der Waals surface area contributed by atoms with Crippen molar-refractivity contribution in [3.05, 3.63) is 76.5 Å². The summed E-state index contributed by atoms with van der Waals surface area (Å²) in [5, 5.41) is 6.36. The fourth-order valence-corrected chi connectivity index (χ4v) is 5.38. The van der Waals surface area contributed by atoms with Crippen LogP contribution in [-0.4, -0.2) is 29.3 Å². The number of fused-ring (bicyclic) bond motifs is 2. The number of anilines is 1. The van der Waals surface area contributed by atoms with E-state index >= 15 is 0 Å². The molecule has 0 aliphatic carbocycles. The first-order valence-corrected chi connectivity index (χ1v) is 11.8. The topological polar surface area (TPSA) is 103 Å². The minimum Gasteiger partial charge on any atom is -0.382 e. The minimum absolute atomic E-state index is 0.0290. The Balaban J connectivity index is 1.82. The third-order valence-corrected chi connectivity index (χ3v) is 7.51. The van der Waals surface area contributed by atoms with Gasteiger partial charge in [-0.1, -0.05) is 35.9 Å². The number of hydrogen-bond donors (Lipinski definition) is 1. The number of nitrogens with two attached hydrogens (primary N) is 1. The molecule has 31 heavy (non-hydrogen) atoms. The number of hydrogen-bond acceptors (Lipinski definition) is 7. The Bertz CT molecular complexity index is 1550. The number of thiophene rings is 1. The van der Waals surface area contributed by atoms with Crippen molar-refractivity contribution in [1.29, 1.82) is 0 Å². The quantitative estimate of drug-likeness (QED) is 0.415. The van der Waals surface area contributed by atoms with Crippen LogP contribution in [0.4, 0.5) is 5.82 Å². The summed E-state index contributed by atoms with van der Waals surface area (Å²) in [4.78, 5) is 10.2. The SMILES string of the molecule is Cc1ccc(S(=O)(=O)c2c(N)n(/N=C\c3cccs3)c3nc4ccccc4nc23)cc1. The van der Waals surface area contributed by atoms with E-state index in [1.807, 2.05) is 42.6 Å². The van der Waals surface area contributed by atoms with Gasteiger partial charge in [-0.2, -0.15) is 9.78 Å².